The third-order valence-corrected chi connectivity index (χ3v) is 5.58. The van der Waals surface area contributed by atoms with E-state index in [0.29, 0.717) is 14.5 Å². The minimum absolute atomic E-state index is 0.00648. The molecule has 0 radical (unpaired) electrons. The Hall–Kier alpha value is -2.57. The zero-order valence-electron chi connectivity index (χ0n) is 14.2. The summed E-state index contributed by atoms with van der Waals surface area (Å²) in [6.07, 6.45) is 1.90. The van der Waals surface area contributed by atoms with Crippen LogP contribution in [0.4, 0.5) is 10.1 Å². The van der Waals surface area contributed by atoms with E-state index in [4.69, 9.17) is 12.2 Å². The zero-order valence-corrected chi connectivity index (χ0v) is 15.8. The van der Waals surface area contributed by atoms with Crippen molar-refractivity contribution in [2.45, 2.75) is 13.8 Å². The SMILES string of the molecule is CC1=Nc2ccc(C)cc2/C1=C/c1sc(=S)n(-c2cccc(F)c2)c1O. The number of aliphatic imine (C=N–C) groups is 1. The average molecular weight is 382 g/mol. The molecular formula is C20H15FN2OS2. The van der Waals surface area contributed by atoms with Crippen LogP contribution in [0.25, 0.3) is 17.3 Å². The average Bonchev–Trinajstić information content (AvgIpc) is 3.04. The first-order chi connectivity index (χ1) is 12.4. The summed E-state index contributed by atoms with van der Waals surface area (Å²) in [5.74, 6) is -0.370. The van der Waals surface area contributed by atoms with E-state index in [-0.39, 0.29) is 11.7 Å². The van der Waals surface area contributed by atoms with Crippen molar-refractivity contribution in [3.05, 3.63) is 68.2 Å². The molecule has 26 heavy (non-hydrogen) atoms. The van der Waals surface area contributed by atoms with Crippen LogP contribution in [0.2, 0.25) is 0 Å². The summed E-state index contributed by atoms with van der Waals surface area (Å²) in [4.78, 5) is 5.21. The molecule has 0 spiro atoms. The molecule has 0 saturated carbocycles. The molecule has 0 saturated heterocycles. The molecule has 1 aliphatic heterocycles. The third-order valence-electron chi connectivity index (χ3n) is 4.27. The van der Waals surface area contributed by atoms with Crippen LogP contribution in [0, 0.1) is 16.7 Å². The van der Waals surface area contributed by atoms with Gasteiger partial charge in [-0.25, -0.2) is 4.39 Å². The minimum atomic E-state index is -0.377. The number of allylic oxidation sites excluding steroid dienone is 1. The summed E-state index contributed by atoms with van der Waals surface area (Å²) < 4.78 is 15.5. The maximum atomic E-state index is 13.6. The lowest BCUT2D eigenvalue weighted by atomic mass is 10.0. The van der Waals surface area contributed by atoms with Gasteiger partial charge < -0.3 is 5.11 Å². The molecule has 0 unspecified atom stereocenters. The van der Waals surface area contributed by atoms with Gasteiger partial charge >= 0.3 is 0 Å². The van der Waals surface area contributed by atoms with Gasteiger partial charge in [0.2, 0.25) is 5.88 Å². The van der Waals surface area contributed by atoms with Crippen molar-refractivity contribution in [3.8, 4) is 11.6 Å². The summed E-state index contributed by atoms with van der Waals surface area (Å²) in [6.45, 7) is 3.98. The molecule has 0 atom stereocenters. The number of hydrogen-bond acceptors (Lipinski definition) is 4. The van der Waals surface area contributed by atoms with Gasteiger partial charge in [0.25, 0.3) is 0 Å². The van der Waals surface area contributed by atoms with E-state index >= 15 is 0 Å². The van der Waals surface area contributed by atoms with Crippen molar-refractivity contribution in [1.82, 2.24) is 4.57 Å². The molecule has 3 nitrogen and oxygen atoms in total. The normalized spacial score (nSPS) is 14.6. The Balaban J connectivity index is 1.86. The van der Waals surface area contributed by atoms with Gasteiger partial charge in [0.15, 0.2) is 3.95 Å². The molecular weight excluding hydrogens is 367 g/mol. The number of halogens is 1. The lowest BCUT2D eigenvalue weighted by molar-refractivity contribution is 0.441. The van der Waals surface area contributed by atoms with Gasteiger partial charge in [-0.05, 0) is 62.5 Å². The Kier molecular flexibility index (Phi) is 4.09. The van der Waals surface area contributed by atoms with Gasteiger partial charge in [-0.1, -0.05) is 17.7 Å². The van der Waals surface area contributed by atoms with Gasteiger partial charge in [-0.2, -0.15) is 0 Å². The minimum Gasteiger partial charge on any atom is -0.493 e. The predicted molar refractivity (Wildman–Crippen MR) is 108 cm³/mol. The van der Waals surface area contributed by atoms with Crippen molar-refractivity contribution in [3.63, 3.8) is 0 Å². The number of thiazole rings is 1. The molecule has 2 aromatic carbocycles. The van der Waals surface area contributed by atoms with Crippen LogP contribution in [0.5, 0.6) is 5.88 Å². The van der Waals surface area contributed by atoms with Crippen LogP contribution in [0.15, 0.2) is 47.5 Å². The highest BCUT2D eigenvalue weighted by atomic mass is 32.1. The van der Waals surface area contributed by atoms with Crippen LogP contribution >= 0.6 is 23.6 Å². The molecule has 1 aliphatic rings. The fourth-order valence-electron chi connectivity index (χ4n) is 3.03. The maximum absolute atomic E-state index is 13.6. The van der Waals surface area contributed by atoms with Gasteiger partial charge in [-0.15, -0.1) is 11.3 Å². The number of aromatic nitrogens is 1. The van der Waals surface area contributed by atoms with Crippen molar-refractivity contribution < 1.29 is 9.50 Å². The topological polar surface area (TPSA) is 37.5 Å². The fraction of sp³-hybridized carbons (Fsp3) is 0.100. The molecule has 6 heteroatoms. The zero-order chi connectivity index (χ0) is 18.4. The monoisotopic (exact) mass is 382 g/mol. The Morgan fingerprint density at radius 2 is 2.00 bits per heavy atom. The van der Waals surface area contributed by atoms with Crippen LogP contribution < -0.4 is 0 Å². The van der Waals surface area contributed by atoms with Crippen LogP contribution in [-0.4, -0.2) is 15.4 Å². The Labute approximate surface area is 159 Å². The number of rotatable bonds is 2. The Morgan fingerprint density at radius 3 is 2.77 bits per heavy atom. The molecule has 3 aromatic rings. The van der Waals surface area contributed by atoms with Crippen LogP contribution in [0.1, 0.15) is 22.9 Å². The van der Waals surface area contributed by atoms with E-state index in [9.17, 15) is 9.50 Å². The molecule has 0 fully saturated rings. The van der Waals surface area contributed by atoms with Gasteiger partial charge in [0.05, 0.1) is 16.3 Å². The summed E-state index contributed by atoms with van der Waals surface area (Å²) >= 11 is 6.68. The van der Waals surface area contributed by atoms with Crippen molar-refractivity contribution in [2.24, 2.45) is 4.99 Å². The fourth-order valence-corrected chi connectivity index (χ4v) is 4.32. The predicted octanol–water partition coefficient (Wildman–Crippen LogP) is 6.07. The maximum Gasteiger partial charge on any atom is 0.215 e. The highest BCUT2D eigenvalue weighted by Crippen LogP contribution is 2.39. The molecule has 0 amide bonds. The first kappa shape index (κ1) is 16.9. The second-order valence-corrected chi connectivity index (χ2v) is 7.82. The van der Waals surface area contributed by atoms with Crippen molar-refractivity contribution in [2.75, 3.05) is 0 Å². The Bertz CT molecular complexity index is 1150. The molecule has 0 bridgehead atoms. The molecule has 1 N–H and O–H groups in total. The third kappa shape index (κ3) is 2.81. The van der Waals surface area contributed by atoms with E-state index in [1.54, 1.807) is 12.1 Å². The second kappa shape index (κ2) is 6.30. The summed E-state index contributed by atoms with van der Waals surface area (Å²) in [5.41, 5.74) is 5.46. The highest BCUT2D eigenvalue weighted by molar-refractivity contribution is 7.73. The number of nitrogens with zero attached hydrogens (tertiary/aromatic N) is 2. The van der Waals surface area contributed by atoms with Crippen molar-refractivity contribution in [1.29, 1.82) is 0 Å². The summed E-state index contributed by atoms with van der Waals surface area (Å²) in [7, 11) is 0. The van der Waals surface area contributed by atoms with E-state index < -0.39 is 0 Å². The van der Waals surface area contributed by atoms with Gasteiger partial charge in [0, 0.05) is 16.8 Å². The van der Waals surface area contributed by atoms with Crippen LogP contribution in [0.3, 0.4) is 0 Å². The molecule has 0 aliphatic carbocycles. The smallest absolute Gasteiger partial charge is 0.215 e. The lowest BCUT2D eigenvalue weighted by Crippen LogP contribution is -1.94. The Morgan fingerprint density at radius 1 is 1.19 bits per heavy atom. The second-order valence-electron chi connectivity index (χ2n) is 6.15. The van der Waals surface area contributed by atoms with E-state index in [1.165, 1.54) is 28.0 Å². The first-order valence-electron chi connectivity index (χ1n) is 8.03. The largest absolute Gasteiger partial charge is 0.493 e. The van der Waals surface area contributed by atoms with Gasteiger partial charge in [0.1, 0.15) is 5.82 Å². The number of aromatic hydroxyl groups is 1. The van der Waals surface area contributed by atoms with E-state index in [2.05, 4.69) is 11.1 Å². The number of hydrogen-bond donors (Lipinski definition) is 1. The lowest BCUT2D eigenvalue weighted by Gasteiger charge is -2.05. The molecule has 1 aromatic heterocycles. The number of fused-ring (bicyclic) bond motifs is 1. The van der Waals surface area contributed by atoms with Crippen LogP contribution in [-0.2, 0) is 0 Å². The van der Waals surface area contributed by atoms with Crippen molar-refractivity contribution >= 4 is 46.6 Å². The quantitative estimate of drug-likeness (QED) is 0.546. The summed E-state index contributed by atoms with van der Waals surface area (Å²) in [5, 5.41) is 10.7. The molecule has 2 heterocycles. The molecule has 130 valence electrons. The van der Waals surface area contributed by atoms with E-state index in [0.717, 1.165) is 28.1 Å². The highest BCUT2D eigenvalue weighted by Gasteiger charge is 2.20. The first-order valence-corrected chi connectivity index (χ1v) is 9.25. The number of benzene rings is 2. The summed E-state index contributed by atoms with van der Waals surface area (Å²) in [6, 6.07) is 12.1. The molecule has 4 rings (SSSR count). The van der Waals surface area contributed by atoms with Gasteiger partial charge in [-0.3, -0.25) is 9.56 Å². The van der Waals surface area contributed by atoms with E-state index in [1.807, 2.05) is 32.1 Å². The number of aryl methyl sites for hydroxylation is 1. The standard InChI is InChI=1S/C20H15FN2OS2/c1-11-6-7-17-16(8-11)15(12(2)22-17)10-18-19(24)23(20(25)26-18)14-5-3-4-13(21)9-14/h3-10,24H,1-2H3/b15-10+.